The Morgan fingerprint density at radius 2 is 1.92 bits per heavy atom. The fraction of sp³-hybridized carbons (Fsp3) is 0.586. The van der Waals surface area contributed by atoms with Gasteiger partial charge in [0.2, 0.25) is 5.95 Å². The minimum absolute atomic E-state index is 0.0632. The van der Waals surface area contributed by atoms with E-state index in [1.807, 2.05) is 31.7 Å². The summed E-state index contributed by atoms with van der Waals surface area (Å²) in [5.74, 6) is 2.37. The van der Waals surface area contributed by atoms with Gasteiger partial charge in [-0.25, -0.2) is 19.2 Å². The van der Waals surface area contributed by atoms with E-state index in [2.05, 4.69) is 21.9 Å². The number of carbonyl (C=O) groups is 1. The number of hydrogen-bond donors (Lipinski definition) is 2. The Hall–Kier alpha value is -3.27. The first-order chi connectivity index (χ1) is 18.6. The zero-order valence-corrected chi connectivity index (χ0v) is 23.5. The van der Waals surface area contributed by atoms with E-state index in [-0.39, 0.29) is 29.7 Å². The zero-order chi connectivity index (χ0) is 28.1. The first-order valence-corrected chi connectivity index (χ1v) is 14.0. The van der Waals surface area contributed by atoms with Crippen LogP contribution in [0.15, 0.2) is 35.5 Å². The number of likely N-dealkylation sites (tertiary alicyclic amines) is 1. The zero-order valence-electron chi connectivity index (χ0n) is 23.5. The molecule has 2 aromatic rings. The number of urea groups is 1. The number of amidine groups is 1. The summed E-state index contributed by atoms with van der Waals surface area (Å²) in [6, 6.07) is 6.38. The molecular weight excluding hydrogens is 497 g/mol. The third-order valence-corrected chi connectivity index (χ3v) is 8.14. The molecular formula is C29H42FN7O2. The molecule has 0 bridgehead atoms. The van der Waals surface area contributed by atoms with E-state index < -0.39 is 0 Å². The van der Waals surface area contributed by atoms with Gasteiger partial charge < -0.3 is 26.0 Å². The van der Waals surface area contributed by atoms with Crippen LogP contribution >= 0.6 is 0 Å². The van der Waals surface area contributed by atoms with Gasteiger partial charge in [-0.05, 0) is 49.7 Å². The molecule has 3 atom stereocenters. The second-order valence-corrected chi connectivity index (χ2v) is 11.2. The third-order valence-electron chi connectivity index (χ3n) is 8.14. The number of aryl methyl sites for hydroxylation is 1. The second-order valence-electron chi connectivity index (χ2n) is 11.2. The van der Waals surface area contributed by atoms with Crippen molar-refractivity contribution in [1.82, 2.24) is 14.9 Å². The Morgan fingerprint density at radius 1 is 1.21 bits per heavy atom. The van der Waals surface area contributed by atoms with Crippen LogP contribution in [0.2, 0.25) is 0 Å². The van der Waals surface area contributed by atoms with E-state index in [4.69, 9.17) is 16.2 Å². The summed E-state index contributed by atoms with van der Waals surface area (Å²) in [5, 5.41) is 0. The molecule has 0 spiro atoms. The molecule has 2 amide bonds. The Morgan fingerprint density at radius 3 is 2.59 bits per heavy atom. The molecule has 0 unspecified atom stereocenters. The summed E-state index contributed by atoms with van der Waals surface area (Å²) in [4.78, 5) is 29.4. The summed E-state index contributed by atoms with van der Waals surface area (Å²) in [6.07, 6.45) is 4.53. The van der Waals surface area contributed by atoms with Crippen molar-refractivity contribution >= 4 is 17.8 Å². The highest BCUT2D eigenvalue weighted by molar-refractivity contribution is 5.93. The number of amides is 2. The van der Waals surface area contributed by atoms with Crippen molar-refractivity contribution in [2.75, 3.05) is 37.7 Å². The second kappa shape index (κ2) is 12.7. The lowest BCUT2D eigenvalue weighted by Gasteiger charge is -2.34. The van der Waals surface area contributed by atoms with Gasteiger partial charge >= 0.3 is 6.03 Å². The van der Waals surface area contributed by atoms with Gasteiger partial charge in [-0.2, -0.15) is 4.99 Å². The number of carbonyl (C=O) groups excluding carboxylic acids is 1. The van der Waals surface area contributed by atoms with Gasteiger partial charge in [0.05, 0.1) is 18.5 Å². The highest BCUT2D eigenvalue weighted by Crippen LogP contribution is 2.31. The maximum Gasteiger partial charge on any atom is 0.345 e. The highest BCUT2D eigenvalue weighted by atomic mass is 19.1. The largest absolute Gasteiger partial charge is 0.490 e. The van der Waals surface area contributed by atoms with Crippen molar-refractivity contribution in [1.29, 1.82) is 0 Å². The van der Waals surface area contributed by atoms with Crippen LogP contribution in [0.3, 0.4) is 0 Å². The molecule has 0 radical (unpaired) electrons. The number of ether oxygens (including phenoxy) is 1. The average Bonchev–Trinajstić information content (AvgIpc) is 3.30. The first kappa shape index (κ1) is 28.7. The van der Waals surface area contributed by atoms with Crippen molar-refractivity contribution in [2.45, 2.75) is 58.9 Å². The average molecular weight is 540 g/mol. The van der Waals surface area contributed by atoms with Gasteiger partial charge in [-0.3, -0.25) is 0 Å². The number of nitrogens with two attached hydrogens (primary N) is 2. The lowest BCUT2D eigenvalue weighted by Crippen LogP contribution is -2.39. The number of hydrogen-bond acceptors (Lipinski definition) is 6. The number of anilines is 1. The van der Waals surface area contributed by atoms with Gasteiger partial charge in [0.1, 0.15) is 11.7 Å². The lowest BCUT2D eigenvalue weighted by molar-refractivity contribution is 0.149. The maximum absolute atomic E-state index is 14.3. The Labute approximate surface area is 230 Å². The van der Waals surface area contributed by atoms with Crippen molar-refractivity contribution in [2.24, 2.45) is 34.2 Å². The number of benzene rings is 1. The van der Waals surface area contributed by atoms with Crippen molar-refractivity contribution in [3.05, 3.63) is 47.5 Å². The maximum atomic E-state index is 14.3. The minimum atomic E-state index is -0.228. The summed E-state index contributed by atoms with van der Waals surface area (Å²) >= 11 is 0. The molecule has 4 N–H and O–H groups in total. The Kier molecular flexibility index (Phi) is 9.37. The molecule has 10 heteroatoms. The van der Waals surface area contributed by atoms with Gasteiger partial charge in [0, 0.05) is 44.1 Å². The van der Waals surface area contributed by atoms with Crippen LogP contribution < -0.4 is 21.1 Å². The molecule has 9 nitrogen and oxygen atoms in total. The van der Waals surface area contributed by atoms with E-state index in [1.54, 1.807) is 23.2 Å². The molecule has 1 aromatic carbocycles. The van der Waals surface area contributed by atoms with Crippen molar-refractivity contribution < 1.29 is 13.9 Å². The standard InChI is InChI=1S/C29H42FN7O2/c1-18(2)27(32)35-29(38)36-12-9-21(10-13-36)19(3)11-14-39-26-15-33-28(34-20(26)4)37-16-23(25(31)17-37)22-7-5-6-8-24(22)30/h5-8,15,18-19,21,23,25H,9-14,16-17,31H2,1-4H3,(H2,32,35,38)/t19-,23-,25+/m1/s1. The SMILES string of the molecule is Cc1nc(N2C[C@H](c3ccccc3F)[C@@H](N)C2)ncc1OCC[C@@H](C)C1CCN(C(=O)/N=C(\N)C(C)C)CC1. The number of nitrogens with zero attached hydrogens (tertiary/aromatic N) is 5. The minimum Gasteiger partial charge on any atom is -0.490 e. The Bertz CT molecular complexity index is 1170. The van der Waals surface area contributed by atoms with Crippen LogP contribution in [-0.2, 0) is 0 Å². The van der Waals surface area contributed by atoms with E-state index in [0.717, 1.165) is 25.0 Å². The summed E-state index contributed by atoms with van der Waals surface area (Å²) in [7, 11) is 0. The number of aliphatic imine (C=N–C) groups is 1. The molecule has 4 rings (SSSR count). The molecule has 3 heterocycles. The lowest BCUT2D eigenvalue weighted by atomic mass is 9.84. The van der Waals surface area contributed by atoms with Crippen molar-refractivity contribution in [3.63, 3.8) is 0 Å². The predicted octanol–water partition coefficient (Wildman–Crippen LogP) is 4.11. The molecule has 212 valence electrons. The van der Waals surface area contributed by atoms with E-state index in [1.165, 1.54) is 6.07 Å². The molecule has 2 saturated heterocycles. The molecule has 0 aliphatic carbocycles. The van der Waals surface area contributed by atoms with Crippen LogP contribution in [0.5, 0.6) is 5.75 Å². The van der Waals surface area contributed by atoms with Gasteiger partial charge in [-0.15, -0.1) is 0 Å². The molecule has 39 heavy (non-hydrogen) atoms. The number of rotatable bonds is 8. The number of piperidine rings is 1. The quantitative estimate of drug-likeness (QED) is 0.382. The van der Waals surface area contributed by atoms with E-state index in [0.29, 0.717) is 67.7 Å². The van der Waals surface area contributed by atoms with Crippen LogP contribution in [0.25, 0.3) is 0 Å². The molecule has 2 fully saturated rings. The topological polar surface area (TPSA) is 123 Å². The summed E-state index contributed by atoms with van der Waals surface area (Å²) in [6.45, 7) is 11.1. The molecule has 2 aliphatic rings. The van der Waals surface area contributed by atoms with E-state index in [9.17, 15) is 9.18 Å². The fourth-order valence-corrected chi connectivity index (χ4v) is 5.40. The van der Waals surface area contributed by atoms with Crippen LogP contribution in [0.4, 0.5) is 15.1 Å². The predicted molar refractivity (Wildman–Crippen MR) is 152 cm³/mol. The Balaban J connectivity index is 1.24. The van der Waals surface area contributed by atoms with Crippen molar-refractivity contribution in [3.8, 4) is 5.75 Å². The van der Waals surface area contributed by atoms with Gasteiger partial charge in [-0.1, -0.05) is 39.0 Å². The monoisotopic (exact) mass is 539 g/mol. The first-order valence-electron chi connectivity index (χ1n) is 14.0. The molecule has 2 aliphatic heterocycles. The summed E-state index contributed by atoms with van der Waals surface area (Å²) in [5.41, 5.74) is 13.6. The molecule has 0 saturated carbocycles. The molecule has 1 aromatic heterocycles. The normalized spacial score (nSPS) is 21.5. The smallest absolute Gasteiger partial charge is 0.345 e. The summed E-state index contributed by atoms with van der Waals surface area (Å²) < 4.78 is 20.4. The van der Waals surface area contributed by atoms with Crippen LogP contribution in [-0.4, -0.2) is 65.6 Å². The highest BCUT2D eigenvalue weighted by Gasteiger charge is 2.34. The van der Waals surface area contributed by atoms with Crippen LogP contribution in [0.1, 0.15) is 57.2 Å². The number of aromatic nitrogens is 2. The fourth-order valence-electron chi connectivity index (χ4n) is 5.40. The van der Waals surface area contributed by atoms with Gasteiger partial charge in [0.25, 0.3) is 0 Å². The van der Waals surface area contributed by atoms with Gasteiger partial charge in [0.15, 0.2) is 5.75 Å². The number of halogens is 1. The van der Waals surface area contributed by atoms with E-state index >= 15 is 0 Å². The third kappa shape index (κ3) is 7.03. The van der Waals surface area contributed by atoms with Crippen LogP contribution in [0, 0.1) is 30.5 Å².